The molecule has 2 fully saturated rings. The Morgan fingerprint density at radius 3 is 1.70 bits per heavy atom. The number of aliphatic carboxylic acids is 1. The van der Waals surface area contributed by atoms with Crippen molar-refractivity contribution < 1.29 is 57.8 Å². The average molecular weight is 1400 g/mol. The Bertz CT molecular complexity index is 3060. The third-order valence-corrected chi connectivity index (χ3v) is 18.1. The largest absolute Gasteiger partial charge is 0.480 e. The third kappa shape index (κ3) is 29.5. The van der Waals surface area contributed by atoms with E-state index in [0.29, 0.717) is 32.1 Å². The van der Waals surface area contributed by atoms with Crippen LogP contribution in [0.3, 0.4) is 0 Å². The predicted molar refractivity (Wildman–Crippen MR) is 371 cm³/mol. The monoisotopic (exact) mass is 1400 g/mol. The highest BCUT2D eigenvalue weighted by atomic mass is 33.1. The van der Waals surface area contributed by atoms with Crippen LogP contribution in [0.2, 0.25) is 0 Å². The molecule has 30 N–H and O–H groups in total. The lowest BCUT2D eigenvalue weighted by molar-refractivity contribution is -0.143. The van der Waals surface area contributed by atoms with Gasteiger partial charge in [0.25, 0.3) is 0 Å². The van der Waals surface area contributed by atoms with E-state index in [-0.39, 0.29) is 152 Å². The standard InChI is InChI=1S/C60H99N23O12S2/c61-23-5-3-14-38-49(86)79-42(15-4-6-24-62)55(92)83-29-11-20-46(83)54(91)78-41(18-9-28-74-60(70)95)51(88)82-45(53(90)80-43(56(93)94)19-10-27-73-59(68)69)33-97-96-32-44(52(89)77-38)81-50(87)40(17-8-26-72-58(66)67)76-48(85)39(16-7-25-71-57(64)65)75-47(84)37(63)31-34-21-22-35-12-1-2-13-36(35)30-34/h1-2,12-13,21-22,30,37-46H,3-11,14-20,23-29,31-33,61-63H2,(H,75,84)(H,76,85)(H,77,89)(H,78,91)(H,79,86)(H,80,90)(H,81,87)(H,82,88)(H,93,94)(H4,64,65,71)(H4,66,67,72)(H4,68,69,73)(H3,70,74,95)/t37-,38-,39-,40-,41-,42+,43-,44-,45-,46-/m0/s1. The van der Waals surface area contributed by atoms with E-state index < -0.39 is 126 Å². The molecule has 10 atom stereocenters. The quantitative estimate of drug-likeness (QED) is 0.0133. The van der Waals surface area contributed by atoms with Gasteiger partial charge in [-0.3, -0.25) is 58.1 Å². The summed E-state index contributed by atoms with van der Waals surface area (Å²) >= 11 is 0. The van der Waals surface area contributed by atoms with Crippen molar-refractivity contribution in [1.82, 2.24) is 52.8 Å². The van der Waals surface area contributed by atoms with Crippen LogP contribution in [0, 0.1) is 0 Å². The summed E-state index contributed by atoms with van der Waals surface area (Å²) in [5, 5.41) is 36.1. The normalized spacial score (nSPS) is 20.1. The average Bonchev–Trinajstić information content (AvgIpc) is 1.80. The van der Waals surface area contributed by atoms with Crippen molar-refractivity contribution in [2.24, 2.45) is 72.3 Å². The van der Waals surface area contributed by atoms with Gasteiger partial charge < -0.3 is 115 Å². The molecule has 97 heavy (non-hydrogen) atoms. The lowest BCUT2D eigenvalue weighted by Gasteiger charge is -2.31. The van der Waals surface area contributed by atoms with Gasteiger partial charge in [-0.15, -0.1) is 0 Å². The van der Waals surface area contributed by atoms with Gasteiger partial charge in [-0.05, 0) is 139 Å². The maximum atomic E-state index is 15.0. The first-order valence-corrected chi connectivity index (χ1v) is 34.8. The minimum absolute atomic E-state index is 0.0125. The first-order chi connectivity index (χ1) is 46.3. The maximum absolute atomic E-state index is 15.0. The van der Waals surface area contributed by atoms with Crippen LogP contribution in [-0.2, 0) is 54.4 Å². The molecule has 0 unspecified atom stereocenters. The molecule has 11 amide bonds. The number of nitrogens with one attached hydrogen (secondary N) is 9. The number of fused-ring (bicyclic) bond motifs is 2. The van der Waals surface area contributed by atoms with Crippen molar-refractivity contribution in [3.63, 3.8) is 0 Å². The summed E-state index contributed by atoms with van der Waals surface area (Å²) in [5.74, 6) is -10.4. The van der Waals surface area contributed by atoms with Crippen molar-refractivity contribution in [2.45, 2.75) is 170 Å². The van der Waals surface area contributed by atoms with E-state index in [0.717, 1.165) is 37.9 Å². The molecule has 0 aromatic heterocycles. The molecular weight excluding hydrogens is 1300 g/mol. The van der Waals surface area contributed by atoms with E-state index >= 15 is 4.79 Å². The minimum atomic E-state index is -1.59. The Hall–Kier alpha value is -8.94. The van der Waals surface area contributed by atoms with Crippen LogP contribution in [0.4, 0.5) is 4.79 Å². The Morgan fingerprint density at radius 1 is 0.588 bits per heavy atom. The highest BCUT2D eigenvalue weighted by Crippen LogP contribution is 2.25. The topological polar surface area (TPSA) is 617 Å². The summed E-state index contributed by atoms with van der Waals surface area (Å²) in [6.07, 6.45) is 1.98. The van der Waals surface area contributed by atoms with Crippen molar-refractivity contribution in [3.8, 4) is 0 Å². The number of urea groups is 1. The second-order valence-electron chi connectivity index (χ2n) is 23.4. The predicted octanol–water partition coefficient (Wildman–Crippen LogP) is -5.07. The van der Waals surface area contributed by atoms with Crippen molar-refractivity contribution in [2.75, 3.05) is 57.3 Å². The lowest BCUT2D eigenvalue weighted by Crippen LogP contribution is -2.61. The van der Waals surface area contributed by atoms with Crippen molar-refractivity contribution in [1.29, 1.82) is 0 Å². The summed E-state index contributed by atoms with van der Waals surface area (Å²) in [5.41, 5.74) is 57.6. The molecule has 2 aromatic carbocycles. The number of unbranched alkanes of at least 4 members (excludes halogenated alkanes) is 2. The number of aliphatic imine (C=N–C) groups is 3. The van der Waals surface area contributed by atoms with Crippen LogP contribution in [0.1, 0.15) is 108 Å². The van der Waals surface area contributed by atoms with Gasteiger partial charge in [0.2, 0.25) is 53.2 Å². The Kier molecular flexibility index (Phi) is 35.9. The smallest absolute Gasteiger partial charge is 0.326 e. The fraction of sp³-hybridized carbons (Fsp3) is 0.600. The maximum Gasteiger partial charge on any atom is 0.326 e. The number of carboxylic acid groups (broad SMARTS) is 1. The SMILES string of the molecule is NCCCC[C@@H]1NC(=O)[C@@H](NC(=O)[C@H](CCCN=C(N)N)NC(=O)[C@H](CCCN=C(N)N)NC(=O)[C@@H](N)Cc2ccc3ccccc3c2)CSSC[C@@H](C(=O)N[C@@H](CCCN=C(N)N)C(=O)O)NC(=O)[C@H](CCCNC(N)=O)NC(=O)[C@@H]2CCCN2C(=O)[C@@H](CCCCN)NC1=O. The first-order valence-electron chi connectivity index (χ1n) is 32.4. The van der Waals surface area contributed by atoms with E-state index in [2.05, 4.69) is 62.8 Å². The Labute approximate surface area is 570 Å². The van der Waals surface area contributed by atoms with Crippen LogP contribution in [0.25, 0.3) is 10.8 Å². The molecule has 2 heterocycles. The van der Waals surface area contributed by atoms with Gasteiger partial charge in [0.15, 0.2) is 17.9 Å². The van der Waals surface area contributed by atoms with E-state index in [1.54, 1.807) is 0 Å². The van der Waals surface area contributed by atoms with Gasteiger partial charge in [0.05, 0.1) is 6.04 Å². The van der Waals surface area contributed by atoms with Gasteiger partial charge >= 0.3 is 12.0 Å². The number of amides is 11. The first kappa shape index (κ1) is 80.5. The molecular formula is C60H99N23O12S2. The Morgan fingerprint density at radius 2 is 1.11 bits per heavy atom. The zero-order valence-corrected chi connectivity index (χ0v) is 56.1. The number of nitrogens with zero attached hydrogens (tertiary/aromatic N) is 4. The van der Waals surface area contributed by atoms with Gasteiger partial charge in [0.1, 0.15) is 54.4 Å². The van der Waals surface area contributed by atoms with Crippen LogP contribution >= 0.6 is 21.6 Å². The van der Waals surface area contributed by atoms with E-state index in [4.69, 9.17) is 57.3 Å². The molecule has 4 rings (SSSR count). The third-order valence-electron chi connectivity index (χ3n) is 15.7. The number of rotatable bonds is 35. The number of primary amides is 1. The fourth-order valence-electron chi connectivity index (χ4n) is 10.6. The summed E-state index contributed by atoms with van der Waals surface area (Å²) in [6.45, 7) is 0.516. The molecule has 0 radical (unpaired) electrons. The lowest BCUT2D eigenvalue weighted by atomic mass is 10.0. The van der Waals surface area contributed by atoms with Crippen LogP contribution in [-0.4, -0.2) is 211 Å². The van der Waals surface area contributed by atoms with Gasteiger partial charge in [-0.2, -0.15) is 0 Å². The number of hydrogen-bond acceptors (Lipinski definition) is 19. The molecule has 0 spiro atoms. The molecule has 2 saturated heterocycles. The number of carboxylic acids is 1. The molecule has 2 aliphatic rings. The van der Waals surface area contributed by atoms with E-state index in [1.165, 1.54) is 4.90 Å². The van der Waals surface area contributed by atoms with Crippen molar-refractivity contribution in [3.05, 3.63) is 48.0 Å². The van der Waals surface area contributed by atoms with Crippen LogP contribution in [0.5, 0.6) is 0 Å². The zero-order valence-electron chi connectivity index (χ0n) is 54.5. The van der Waals surface area contributed by atoms with Gasteiger partial charge in [-0.1, -0.05) is 64.1 Å². The number of hydrogen-bond donors (Lipinski definition) is 20. The molecule has 0 saturated carbocycles. The van der Waals surface area contributed by atoms with Gasteiger partial charge in [0, 0.05) is 44.2 Å². The fourth-order valence-corrected chi connectivity index (χ4v) is 12.9. The molecule has 37 heteroatoms. The summed E-state index contributed by atoms with van der Waals surface area (Å²) in [7, 11) is 1.81. The highest BCUT2D eigenvalue weighted by Gasteiger charge is 2.41. The second kappa shape index (κ2) is 43.3. The van der Waals surface area contributed by atoms with Crippen molar-refractivity contribution >= 4 is 115 Å². The second-order valence-corrected chi connectivity index (χ2v) is 26.0. The number of nitrogens with two attached hydrogens (primary N) is 10. The van der Waals surface area contributed by atoms with Crippen LogP contribution < -0.4 is 105 Å². The molecule has 2 aliphatic heterocycles. The summed E-state index contributed by atoms with van der Waals surface area (Å²) in [6, 6.07) is -1.51. The minimum Gasteiger partial charge on any atom is -0.480 e. The summed E-state index contributed by atoms with van der Waals surface area (Å²) in [4.78, 5) is 169. The number of guanidine groups is 3. The van der Waals surface area contributed by atoms with E-state index in [1.807, 2.05) is 42.5 Å². The number of carbonyl (C=O) groups is 11. The Balaban J connectivity index is 1.81. The summed E-state index contributed by atoms with van der Waals surface area (Å²) < 4.78 is 0. The molecule has 0 aliphatic carbocycles. The molecule has 2 aromatic rings. The number of benzene rings is 2. The highest BCUT2D eigenvalue weighted by molar-refractivity contribution is 8.76. The van der Waals surface area contributed by atoms with Crippen LogP contribution in [0.15, 0.2) is 57.4 Å². The van der Waals surface area contributed by atoms with Gasteiger partial charge in [-0.25, -0.2) is 9.59 Å². The number of carbonyl (C=O) groups excluding carboxylic acids is 10. The molecule has 35 nitrogen and oxygen atoms in total. The van der Waals surface area contributed by atoms with E-state index in [9.17, 15) is 53.1 Å². The molecule has 538 valence electrons. The zero-order chi connectivity index (χ0) is 71.4. The molecule has 0 bridgehead atoms.